The van der Waals surface area contributed by atoms with Gasteiger partial charge in [-0.15, -0.1) is 21.5 Å². The van der Waals surface area contributed by atoms with E-state index >= 15 is 0 Å². The molecule has 0 saturated carbocycles. The van der Waals surface area contributed by atoms with Crippen LogP contribution in [0.1, 0.15) is 49.9 Å². The quantitative estimate of drug-likeness (QED) is 0.339. The number of aryl methyl sites for hydroxylation is 1. The first-order valence-electron chi connectivity index (χ1n) is 11.8. The van der Waals surface area contributed by atoms with E-state index in [-0.39, 0.29) is 45.0 Å². The second-order valence-electron chi connectivity index (χ2n) is 10.3. The van der Waals surface area contributed by atoms with E-state index in [1.165, 1.54) is 25.7 Å². The fraction of sp³-hybridized carbons (Fsp3) is 0.542. The van der Waals surface area contributed by atoms with Crippen LogP contribution in [0.3, 0.4) is 0 Å². The molecule has 3 aromatic rings. The third-order valence-electron chi connectivity index (χ3n) is 6.54. The lowest BCUT2D eigenvalue weighted by Gasteiger charge is -2.33. The lowest BCUT2D eigenvalue weighted by atomic mass is 9.89. The van der Waals surface area contributed by atoms with Gasteiger partial charge in [0.25, 0.3) is 17.4 Å². The van der Waals surface area contributed by atoms with Gasteiger partial charge in [-0.1, -0.05) is 18.2 Å². The maximum atomic E-state index is 14.0. The zero-order valence-corrected chi connectivity index (χ0v) is 22.3. The fourth-order valence-electron chi connectivity index (χ4n) is 4.43. The molecule has 1 aliphatic rings. The summed E-state index contributed by atoms with van der Waals surface area (Å²) in [6, 6.07) is 1.52. The number of aliphatic hydroxyl groups is 2. The van der Waals surface area contributed by atoms with Crippen molar-refractivity contribution in [2.75, 3.05) is 6.54 Å². The molecule has 4 rings (SSSR count). The minimum absolute atomic E-state index is 0.0663. The lowest BCUT2D eigenvalue weighted by Crippen LogP contribution is -2.53. The monoisotopic (exact) mass is 600 g/mol. The molecule has 1 fully saturated rings. The van der Waals surface area contributed by atoms with Crippen LogP contribution < -0.4 is 0 Å². The molecule has 0 aliphatic carbocycles. The number of likely N-dealkylation sites (tertiary alicyclic amines) is 1. The van der Waals surface area contributed by atoms with Gasteiger partial charge < -0.3 is 14.6 Å². The van der Waals surface area contributed by atoms with Gasteiger partial charge in [-0.2, -0.15) is 26.3 Å². The van der Waals surface area contributed by atoms with Crippen molar-refractivity contribution in [3.63, 3.8) is 0 Å². The molecule has 7 nitrogen and oxygen atoms in total. The molecule has 2 N–H and O–H groups in total. The first-order valence-corrected chi connectivity index (χ1v) is 12.6. The number of halogens is 8. The van der Waals surface area contributed by atoms with Crippen LogP contribution in [-0.4, -0.2) is 61.2 Å². The number of hydrogen-bond acceptors (Lipinski definition) is 8. The molecule has 0 bridgehead atoms. The predicted octanol–water partition coefficient (Wildman–Crippen LogP) is 5.94. The normalized spacial score (nSPS) is 19.0. The minimum atomic E-state index is -6.06. The Morgan fingerprint density at radius 1 is 1.07 bits per heavy atom. The number of rotatable bonds is 6. The summed E-state index contributed by atoms with van der Waals surface area (Å²) >= 11 is 0.903. The summed E-state index contributed by atoms with van der Waals surface area (Å²) in [5, 5.41) is 27.6. The summed E-state index contributed by atoms with van der Waals surface area (Å²) in [6.45, 7) is 4.94. The smallest absolute Gasteiger partial charge is 0.415 e. The van der Waals surface area contributed by atoms with Gasteiger partial charge in [0.05, 0.1) is 17.1 Å². The van der Waals surface area contributed by atoms with Gasteiger partial charge in [-0.25, -0.2) is 13.8 Å². The highest BCUT2D eigenvalue weighted by atomic mass is 32.1. The highest BCUT2D eigenvalue weighted by Crippen LogP contribution is 2.51. The second kappa shape index (κ2) is 9.70. The fourth-order valence-corrected chi connectivity index (χ4v) is 5.52. The molecule has 220 valence electrons. The van der Waals surface area contributed by atoms with E-state index in [9.17, 15) is 45.3 Å². The Bertz CT molecular complexity index is 1380. The van der Waals surface area contributed by atoms with E-state index in [0.29, 0.717) is 12.1 Å². The van der Waals surface area contributed by atoms with E-state index in [4.69, 9.17) is 4.42 Å². The summed E-state index contributed by atoms with van der Waals surface area (Å²) < 4.78 is 114. The zero-order chi connectivity index (χ0) is 30.1. The molecule has 0 unspecified atom stereocenters. The van der Waals surface area contributed by atoms with Crippen molar-refractivity contribution in [1.29, 1.82) is 0 Å². The van der Waals surface area contributed by atoms with Gasteiger partial charge in [0.15, 0.2) is 5.01 Å². The molecule has 1 aliphatic heterocycles. The Morgan fingerprint density at radius 2 is 1.70 bits per heavy atom. The first-order chi connectivity index (χ1) is 18.1. The van der Waals surface area contributed by atoms with Crippen molar-refractivity contribution in [3.05, 3.63) is 40.9 Å². The second-order valence-corrected chi connectivity index (χ2v) is 11.3. The molecule has 3 heterocycles. The van der Waals surface area contributed by atoms with Crippen molar-refractivity contribution < 1.29 is 49.8 Å². The Hall–Kier alpha value is -2.69. The van der Waals surface area contributed by atoms with E-state index < -0.39 is 54.0 Å². The standard InChI is InChI=1S/C24H24F8N4O3S/c1-11-7-13(22(38,23(27,28)29)24(30,31)32)5-6-14(11)16-15(9-36-10-21(25,26)8-12(36)2)33-18(40-16)17-34-35-19(39-17)20(3,4)37/h5-7,12,37-38H,8-10H2,1-4H3/t12-/m0/s1. The van der Waals surface area contributed by atoms with Crippen LogP contribution in [-0.2, 0) is 17.7 Å². The number of aromatic nitrogens is 3. The van der Waals surface area contributed by atoms with Gasteiger partial charge in [0.1, 0.15) is 5.60 Å². The maximum absolute atomic E-state index is 14.0. The first kappa shape index (κ1) is 30.3. The number of nitrogens with zero attached hydrogens (tertiary/aromatic N) is 4. The van der Waals surface area contributed by atoms with Crippen molar-refractivity contribution >= 4 is 11.3 Å². The van der Waals surface area contributed by atoms with Crippen molar-refractivity contribution in [2.45, 2.75) is 76.2 Å². The topological polar surface area (TPSA) is 95.5 Å². The third-order valence-corrected chi connectivity index (χ3v) is 7.66. The maximum Gasteiger partial charge on any atom is 0.430 e. The van der Waals surface area contributed by atoms with Gasteiger partial charge in [-0.3, -0.25) is 4.90 Å². The summed E-state index contributed by atoms with van der Waals surface area (Å²) in [4.78, 5) is 6.14. The number of benzene rings is 1. The largest absolute Gasteiger partial charge is 0.430 e. The Labute approximate surface area is 226 Å². The number of hydrogen-bond donors (Lipinski definition) is 2. The lowest BCUT2D eigenvalue weighted by molar-refractivity contribution is -0.376. The molecule has 1 aromatic carbocycles. The molecule has 1 atom stereocenters. The van der Waals surface area contributed by atoms with E-state index in [1.54, 1.807) is 6.92 Å². The van der Waals surface area contributed by atoms with Crippen LogP contribution >= 0.6 is 11.3 Å². The van der Waals surface area contributed by atoms with Crippen LogP contribution in [0.4, 0.5) is 35.1 Å². The molecule has 0 radical (unpaired) electrons. The number of thiazole rings is 1. The molecule has 16 heteroatoms. The van der Waals surface area contributed by atoms with Crippen LogP contribution in [0.5, 0.6) is 0 Å². The van der Waals surface area contributed by atoms with E-state index in [1.807, 2.05) is 0 Å². The predicted molar refractivity (Wildman–Crippen MR) is 126 cm³/mol. The van der Waals surface area contributed by atoms with Crippen molar-refractivity contribution in [3.8, 4) is 21.3 Å². The Morgan fingerprint density at radius 3 is 2.17 bits per heavy atom. The Kier molecular flexibility index (Phi) is 7.34. The van der Waals surface area contributed by atoms with Crippen LogP contribution in [0.15, 0.2) is 22.6 Å². The third kappa shape index (κ3) is 5.45. The van der Waals surface area contributed by atoms with Crippen LogP contribution in [0.25, 0.3) is 21.3 Å². The molecule has 0 amide bonds. The minimum Gasteiger partial charge on any atom is -0.415 e. The van der Waals surface area contributed by atoms with E-state index in [0.717, 1.165) is 17.4 Å². The summed E-state index contributed by atoms with van der Waals surface area (Å²) in [5.74, 6) is -3.23. The number of alkyl halides is 8. The highest BCUT2D eigenvalue weighted by molar-refractivity contribution is 7.18. The zero-order valence-electron chi connectivity index (χ0n) is 21.5. The van der Waals surface area contributed by atoms with Crippen molar-refractivity contribution in [1.82, 2.24) is 20.1 Å². The summed E-state index contributed by atoms with van der Waals surface area (Å²) in [5.41, 5.74) is -7.74. The highest BCUT2D eigenvalue weighted by Gasteiger charge is 2.71. The van der Waals surface area contributed by atoms with Crippen LogP contribution in [0.2, 0.25) is 0 Å². The SMILES string of the molecule is Cc1cc(C(O)(C(F)(F)F)C(F)(F)F)ccc1-c1sc(-c2nnc(C(C)(C)O)o2)nc1CN1CC(F)(F)C[C@@H]1C. The summed E-state index contributed by atoms with van der Waals surface area (Å²) in [6.07, 6.45) is -12.5. The molecule has 0 spiro atoms. The molecule has 1 saturated heterocycles. The average Bonchev–Trinajstić information content (AvgIpc) is 3.49. The van der Waals surface area contributed by atoms with E-state index in [2.05, 4.69) is 15.2 Å². The average molecular weight is 601 g/mol. The van der Waals surface area contributed by atoms with Gasteiger partial charge in [0.2, 0.25) is 5.89 Å². The van der Waals surface area contributed by atoms with Gasteiger partial charge >= 0.3 is 12.4 Å². The summed E-state index contributed by atoms with van der Waals surface area (Å²) in [7, 11) is 0. The van der Waals surface area contributed by atoms with Gasteiger partial charge in [0, 0.05) is 24.6 Å². The Balaban J connectivity index is 1.82. The molecule has 40 heavy (non-hydrogen) atoms. The van der Waals surface area contributed by atoms with Gasteiger partial charge in [-0.05, 0) is 38.8 Å². The molecular formula is C24H24F8N4O3S. The van der Waals surface area contributed by atoms with Crippen molar-refractivity contribution in [2.24, 2.45) is 0 Å². The van der Waals surface area contributed by atoms with Crippen LogP contribution in [0, 0.1) is 6.92 Å². The molecular weight excluding hydrogens is 576 g/mol. The molecule has 2 aromatic heterocycles.